The molecule has 0 radical (unpaired) electrons. The Kier molecular flexibility index (Phi) is 4.52. The molecule has 1 aromatic rings. The summed E-state index contributed by atoms with van der Waals surface area (Å²) < 4.78 is 18.4. The Balaban J connectivity index is 3.13. The fourth-order valence-electron chi connectivity index (χ4n) is 1.28. The number of halogens is 2. The van der Waals surface area contributed by atoms with E-state index in [1.165, 1.54) is 13.2 Å². The Labute approximate surface area is 101 Å². The highest BCUT2D eigenvalue weighted by atomic mass is 79.9. The molecular formula is C10H13BrFNO3. The minimum absolute atomic E-state index is 0.0435. The third-order valence-electron chi connectivity index (χ3n) is 2.19. The van der Waals surface area contributed by atoms with E-state index in [0.717, 1.165) is 6.07 Å². The monoisotopic (exact) mass is 293 g/mol. The molecule has 0 aliphatic rings. The quantitative estimate of drug-likeness (QED) is 0.576. The molecule has 0 saturated heterocycles. The van der Waals surface area contributed by atoms with Gasteiger partial charge >= 0.3 is 0 Å². The van der Waals surface area contributed by atoms with Gasteiger partial charge in [0.25, 0.3) is 0 Å². The lowest BCUT2D eigenvalue weighted by Crippen LogP contribution is -2.20. The van der Waals surface area contributed by atoms with Gasteiger partial charge in [-0.15, -0.1) is 0 Å². The van der Waals surface area contributed by atoms with Crippen molar-refractivity contribution in [2.24, 2.45) is 0 Å². The van der Waals surface area contributed by atoms with Crippen molar-refractivity contribution in [3.05, 3.63) is 23.5 Å². The number of ether oxygens (including phenoxy) is 1. The van der Waals surface area contributed by atoms with Crippen molar-refractivity contribution in [3.8, 4) is 5.75 Å². The smallest absolute Gasteiger partial charge is 0.142 e. The van der Waals surface area contributed by atoms with Crippen LogP contribution in [0.3, 0.4) is 0 Å². The first-order chi connectivity index (χ1) is 7.51. The maximum absolute atomic E-state index is 13.5. The summed E-state index contributed by atoms with van der Waals surface area (Å²) in [6.45, 7) is 0. The molecule has 0 saturated carbocycles. The van der Waals surface area contributed by atoms with Crippen molar-refractivity contribution < 1.29 is 19.3 Å². The zero-order valence-electron chi connectivity index (χ0n) is 8.65. The van der Waals surface area contributed by atoms with Crippen molar-refractivity contribution in [2.75, 3.05) is 18.2 Å². The van der Waals surface area contributed by atoms with Crippen LogP contribution in [0.25, 0.3) is 0 Å². The standard InChI is InChI=1S/C10H13BrFNO3/c1-16-9-2-5(6(12)3-7(9)13)10(15)8(14)4-11/h2-3,8,10,14-15H,4,13H2,1H3. The lowest BCUT2D eigenvalue weighted by molar-refractivity contribution is 0.0319. The number of hydrogen-bond donors (Lipinski definition) is 3. The van der Waals surface area contributed by atoms with Crippen LogP contribution in [0, 0.1) is 5.82 Å². The van der Waals surface area contributed by atoms with Crippen molar-refractivity contribution in [2.45, 2.75) is 12.2 Å². The molecule has 4 nitrogen and oxygen atoms in total. The summed E-state index contributed by atoms with van der Waals surface area (Å²) in [7, 11) is 1.39. The topological polar surface area (TPSA) is 75.7 Å². The van der Waals surface area contributed by atoms with Crippen LogP contribution >= 0.6 is 15.9 Å². The van der Waals surface area contributed by atoms with Crippen LogP contribution in [0.15, 0.2) is 12.1 Å². The number of aliphatic hydroxyl groups is 2. The van der Waals surface area contributed by atoms with Crippen LogP contribution < -0.4 is 10.5 Å². The minimum Gasteiger partial charge on any atom is -0.495 e. The zero-order valence-corrected chi connectivity index (χ0v) is 10.2. The third-order valence-corrected chi connectivity index (χ3v) is 2.85. The summed E-state index contributed by atoms with van der Waals surface area (Å²) in [5.74, 6) is -0.414. The number of nitrogen functional groups attached to an aromatic ring is 1. The number of aliphatic hydroxyl groups excluding tert-OH is 2. The number of alkyl halides is 1. The Morgan fingerprint density at radius 1 is 1.50 bits per heavy atom. The Morgan fingerprint density at radius 3 is 2.62 bits per heavy atom. The lowest BCUT2D eigenvalue weighted by atomic mass is 10.0. The number of hydrogen-bond acceptors (Lipinski definition) is 4. The van der Waals surface area contributed by atoms with Gasteiger partial charge in [0, 0.05) is 17.0 Å². The highest BCUT2D eigenvalue weighted by molar-refractivity contribution is 9.09. The van der Waals surface area contributed by atoms with E-state index >= 15 is 0 Å². The summed E-state index contributed by atoms with van der Waals surface area (Å²) in [6.07, 6.45) is -2.42. The van der Waals surface area contributed by atoms with Gasteiger partial charge in [0.1, 0.15) is 17.7 Å². The second kappa shape index (κ2) is 5.47. The number of benzene rings is 1. The van der Waals surface area contributed by atoms with Gasteiger partial charge in [-0.2, -0.15) is 0 Å². The van der Waals surface area contributed by atoms with E-state index in [-0.39, 0.29) is 22.3 Å². The predicted octanol–water partition coefficient (Wildman–Crippen LogP) is 1.21. The van der Waals surface area contributed by atoms with E-state index in [0.29, 0.717) is 0 Å². The molecule has 0 amide bonds. The SMILES string of the molecule is COc1cc(C(O)C(O)CBr)c(F)cc1N. The van der Waals surface area contributed by atoms with Crippen molar-refractivity contribution in [1.29, 1.82) is 0 Å². The number of methoxy groups -OCH3 is 1. The molecule has 4 N–H and O–H groups in total. The van der Waals surface area contributed by atoms with Crippen LogP contribution in [0.5, 0.6) is 5.75 Å². The summed E-state index contributed by atoms with van der Waals surface area (Å²) in [4.78, 5) is 0. The molecular weight excluding hydrogens is 281 g/mol. The lowest BCUT2D eigenvalue weighted by Gasteiger charge is -2.18. The normalized spacial score (nSPS) is 14.6. The maximum Gasteiger partial charge on any atom is 0.142 e. The first-order valence-electron chi connectivity index (χ1n) is 4.56. The van der Waals surface area contributed by atoms with Gasteiger partial charge in [0.2, 0.25) is 0 Å². The molecule has 90 valence electrons. The van der Waals surface area contributed by atoms with E-state index in [2.05, 4.69) is 15.9 Å². The molecule has 1 rings (SSSR count). The van der Waals surface area contributed by atoms with Gasteiger partial charge in [-0.3, -0.25) is 0 Å². The van der Waals surface area contributed by atoms with Crippen LogP contribution in [0.4, 0.5) is 10.1 Å². The van der Waals surface area contributed by atoms with E-state index in [1.807, 2.05) is 0 Å². The van der Waals surface area contributed by atoms with Crippen LogP contribution in [-0.2, 0) is 0 Å². The zero-order chi connectivity index (χ0) is 12.3. The average Bonchev–Trinajstić information content (AvgIpc) is 2.27. The summed E-state index contributed by atoms with van der Waals surface area (Å²) >= 11 is 3.00. The second-order valence-corrected chi connectivity index (χ2v) is 3.93. The molecule has 2 atom stereocenters. The molecule has 0 aliphatic heterocycles. The van der Waals surface area contributed by atoms with Gasteiger partial charge in [0.15, 0.2) is 0 Å². The van der Waals surface area contributed by atoms with E-state index in [1.54, 1.807) is 0 Å². The first kappa shape index (κ1) is 13.2. The maximum atomic E-state index is 13.5. The van der Waals surface area contributed by atoms with Crippen molar-refractivity contribution in [1.82, 2.24) is 0 Å². The summed E-state index contributed by atoms with van der Waals surface area (Å²) in [5.41, 5.74) is 5.59. The Hall–Kier alpha value is -0.850. The molecule has 0 aromatic heterocycles. The molecule has 16 heavy (non-hydrogen) atoms. The summed E-state index contributed by atoms with van der Waals surface area (Å²) in [5, 5.41) is 19.2. The largest absolute Gasteiger partial charge is 0.495 e. The fraction of sp³-hybridized carbons (Fsp3) is 0.400. The van der Waals surface area contributed by atoms with Gasteiger partial charge in [0.05, 0.1) is 18.9 Å². The van der Waals surface area contributed by atoms with Crippen LogP contribution in [0.2, 0.25) is 0 Å². The van der Waals surface area contributed by atoms with Gasteiger partial charge in [-0.1, -0.05) is 15.9 Å². The van der Waals surface area contributed by atoms with Crippen molar-refractivity contribution >= 4 is 21.6 Å². The molecule has 0 spiro atoms. The van der Waals surface area contributed by atoms with E-state index in [9.17, 15) is 14.6 Å². The third kappa shape index (κ3) is 2.63. The molecule has 2 unspecified atom stereocenters. The summed E-state index contributed by atoms with van der Waals surface area (Å²) in [6, 6.07) is 2.33. The molecule has 0 fully saturated rings. The van der Waals surface area contributed by atoms with Gasteiger partial charge in [-0.25, -0.2) is 4.39 Å². The van der Waals surface area contributed by atoms with Gasteiger partial charge < -0.3 is 20.7 Å². The molecule has 6 heteroatoms. The van der Waals surface area contributed by atoms with E-state index < -0.39 is 18.0 Å². The van der Waals surface area contributed by atoms with Crippen LogP contribution in [-0.4, -0.2) is 28.8 Å². The molecule has 0 heterocycles. The Morgan fingerprint density at radius 2 is 2.12 bits per heavy atom. The molecule has 1 aromatic carbocycles. The molecule has 0 aliphatic carbocycles. The molecule has 0 bridgehead atoms. The second-order valence-electron chi connectivity index (χ2n) is 3.28. The highest BCUT2D eigenvalue weighted by Crippen LogP contribution is 2.30. The number of nitrogens with two attached hydrogens (primary N) is 1. The van der Waals surface area contributed by atoms with Crippen LogP contribution in [0.1, 0.15) is 11.7 Å². The number of rotatable bonds is 4. The van der Waals surface area contributed by atoms with E-state index in [4.69, 9.17) is 10.5 Å². The highest BCUT2D eigenvalue weighted by Gasteiger charge is 2.22. The first-order valence-corrected chi connectivity index (χ1v) is 5.68. The predicted molar refractivity (Wildman–Crippen MR) is 62.1 cm³/mol. The fourth-order valence-corrected chi connectivity index (χ4v) is 1.63. The Bertz CT molecular complexity index is 375. The number of anilines is 1. The van der Waals surface area contributed by atoms with Gasteiger partial charge in [-0.05, 0) is 6.07 Å². The van der Waals surface area contributed by atoms with Crippen molar-refractivity contribution in [3.63, 3.8) is 0 Å². The average molecular weight is 294 g/mol. The minimum atomic E-state index is -1.33.